The second-order valence-corrected chi connectivity index (χ2v) is 5.95. The number of H-pyrrole nitrogens is 1. The number of hydrogen-bond acceptors (Lipinski definition) is 6. The van der Waals surface area contributed by atoms with Crippen molar-refractivity contribution < 1.29 is 28.6 Å². The van der Waals surface area contributed by atoms with Gasteiger partial charge in [0.1, 0.15) is 5.75 Å². The van der Waals surface area contributed by atoms with Crippen LogP contribution < -0.4 is 4.74 Å². The van der Waals surface area contributed by atoms with Crippen molar-refractivity contribution in [3.63, 3.8) is 0 Å². The van der Waals surface area contributed by atoms with Crippen LogP contribution in [0.15, 0.2) is 30.3 Å². The Labute approximate surface area is 157 Å². The van der Waals surface area contributed by atoms with E-state index in [0.717, 1.165) is 0 Å². The topological polar surface area (TPSA) is 94.7 Å². The number of carbonyl (C=O) groups is 3. The second kappa shape index (κ2) is 9.02. The summed E-state index contributed by atoms with van der Waals surface area (Å²) < 4.78 is 15.5. The normalized spacial score (nSPS) is 11.6. The van der Waals surface area contributed by atoms with Crippen LogP contribution in [-0.2, 0) is 14.3 Å². The first-order chi connectivity index (χ1) is 12.8. The minimum atomic E-state index is -0.859. The van der Waals surface area contributed by atoms with Crippen LogP contribution in [0.3, 0.4) is 0 Å². The lowest BCUT2D eigenvalue weighted by molar-refractivity contribution is -0.149. The number of rotatable bonds is 8. The van der Waals surface area contributed by atoms with Crippen LogP contribution in [0.1, 0.15) is 46.0 Å². The van der Waals surface area contributed by atoms with Crippen molar-refractivity contribution in [3.05, 3.63) is 52.8 Å². The lowest BCUT2D eigenvalue weighted by Gasteiger charge is -2.13. The maximum absolute atomic E-state index is 12.4. The lowest BCUT2D eigenvalue weighted by atomic mass is 10.1. The molecule has 2 rings (SSSR count). The highest BCUT2D eigenvalue weighted by molar-refractivity contribution is 6.02. The molecule has 0 saturated heterocycles. The van der Waals surface area contributed by atoms with E-state index in [-0.39, 0.29) is 12.3 Å². The molecule has 1 N–H and O–H groups in total. The summed E-state index contributed by atoms with van der Waals surface area (Å²) in [5, 5.41) is 0. The van der Waals surface area contributed by atoms with Crippen molar-refractivity contribution in [2.45, 2.75) is 33.8 Å². The SMILES string of the molecule is CCOC(=O)c1c(C)[nH]c(C(=O)COC(=O)[C@H](C)Oc2ccccc2)c1C. The quantitative estimate of drug-likeness (QED) is 0.565. The van der Waals surface area contributed by atoms with E-state index < -0.39 is 30.4 Å². The monoisotopic (exact) mass is 373 g/mol. The highest BCUT2D eigenvalue weighted by Gasteiger charge is 2.24. The maximum Gasteiger partial charge on any atom is 0.347 e. The summed E-state index contributed by atoms with van der Waals surface area (Å²) >= 11 is 0. The van der Waals surface area contributed by atoms with Crippen LogP contribution in [0, 0.1) is 13.8 Å². The zero-order valence-electron chi connectivity index (χ0n) is 15.8. The Kier molecular flexibility index (Phi) is 6.76. The molecule has 0 aliphatic carbocycles. The van der Waals surface area contributed by atoms with Gasteiger partial charge in [0.2, 0.25) is 5.78 Å². The minimum Gasteiger partial charge on any atom is -0.479 e. The van der Waals surface area contributed by atoms with Gasteiger partial charge in [0, 0.05) is 5.69 Å². The third kappa shape index (κ3) is 4.97. The van der Waals surface area contributed by atoms with Crippen LogP contribution in [0.5, 0.6) is 5.75 Å². The average Bonchev–Trinajstić information content (AvgIpc) is 2.94. The summed E-state index contributed by atoms with van der Waals surface area (Å²) in [7, 11) is 0. The second-order valence-electron chi connectivity index (χ2n) is 5.95. The Bertz CT molecular complexity index is 824. The molecule has 7 nitrogen and oxygen atoms in total. The Morgan fingerprint density at radius 3 is 2.37 bits per heavy atom. The number of ether oxygens (including phenoxy) is 3. The van der Waals surface area contributed by atoms with Gasteiger partial charge in [-0.3, -0.25) is 4.79 Å². The maximum atomic E-state index is 12.4. The van der Waals surface area contributed by atoms with Crippen molar-refractivity contribution >= 4 is 17.7 Å². The van der Waals surface area contributed by atoms with Crippen LogP contribution in [0.4, 0.5) is 0 Å². The molecule has 144 valence electrons. The molecule has 0 amide bonds. The van der Waals surface area contributed by atoms with Crippen molar-refractivity contribution in [3.8, 4) is 5.75 Å². The zero-order chi connectivity index (χ0) is 20.0. The van der Waals surface area contributed by atoms with E-state index in [1.165, 1.54) is 0 Å². The number of aromatic nitrogens is 1. The molecule has 0 saturated carbocycles. The van der Waals surface area contributed by atoms with E-state index in [0.29, 0.717) is 22.6 Å². The fourth-order valence-electron chi connectivity index (χ4n) is 2.62. The largest absolute Gasteiger partial charge is 0.479 e. The predicted octanol–water partition coefficient (Wildman–Crippen LogP) is 3.00. The van der Waals surface area contributed by atoms with Crippen molar-refractivity contribution in [1.29, 1.82) is 0 Å². The van der Waals surface area contributed by atoms with E-state index in [9.17, 15) is 14.4 Å². The number of para-hydroxylation sites is 1. The number of nitrogens with one attached hydrogen (secondary N) is 1. The van der Waals surface area contributed by atoms with E-state index in [4.69, 9.17) is 14.2 Å². The molecule has 1 aromatic heterocycles. The number of hydrogen-bond donors (Lipinski definition) is 1. The first kappa shape index (κ1) is 20.2. The van der Waals surface area contributed by atoms with Crippen molar-refractivity contribution in [1.82, 2.24) is 4.98 Å². The van der Waals surface area contributed by atoms with Gasteiger partial charge in [-0.15, -0.1) is 0 Å². The highest BCUT2D eigenvalue weighted by atomic mass is 16.6. The molecule has 0 unspecified atom stereocenters. The fraction of sp³-hybridized carbons (Fsp3) is 0.350. The van der Waals surface area contributed by atoms with E-state index in [1.54, 1.807) is 52.0 Å². The van der Waals surface area contributed by atoms with Gasteiger partial charge in [0.15, 0.2) is 12.7 Å². The zero-order valence-corrected chi connectivity index (χ0v) is 15.8. The molecule has 0 bridgehead atoms. The fourth-order valence-corrected chi connectivity index (χ4v) is 2.62. The molecule has 1 heterocycles. The lowest BCUT2D eigenvalue weighted by Crippen LogP contribution is -2.28. The van der Waals surface area contributed by atoms with Gasteiger partial charge in [-0.05, 0) is 45.4 Å². The predicted molar refractivity (Wildman–Crippen MR) is 98.0 cm³/mol. The Hall–Kier alpha value is -3.09. The Morgan fingerprint density at radius 2 is 1.74 bits per heavy atom. The standard InChI is InChI=1S/C20H23NO6/c1-5-25-20(24)17-12(2)18(21-13(17)3)16(22)11-26-19(23)14(4)27-15-9-7-6-8-10-15/h6-10,14,21H,5,11H2,1-4H3/t14-/m0/s1. The average molecular weight is 373 g/mol. The summed E-state index contributed by atoms with van der Waals surface area (Å²) in [6.07, 6.45) is -0.859. The van der Waals surface area contributed by atoms with E-state index in [2.05, 4.69) is 4.98 Å². The van der Waals surface area contributed by atoms with E-state index in [1.807, 2.05) is 6.07 Å². The smallest absolute Gasteiger partial charge is 0.347 e. The summed E-state index contributed by atoms with van der Waals surface area (Å²) in [5.74, 6) is -1.06. The molecule has 0 radical (unpaired) electrons. The van der Waals surface area contributed by atoms with Crippen LogP contribution in [0.2, 0.25) is 0 Å². The Balaban J connectivity index is 1.98. The number of aromatic amines is 1. The summed E-state index contributed by atoms with van der Waals surface area (Å²) in [5.41, 5.74) is 1.55. The number of Topliss-reactive ketones (excluding diaryl/α,β-unsaturated/α-hetero) is 1. The van der Waals surface area contributed by atoms with Gasteiger partial charge in [-0.2, -0.15) is 0 Å². The molecule has 0 aliphatic rings. The van der Waals surface area contributed by atoms with Gasteiger partial charge < -0.3 is 19.2 Å². The van der Waals surface area contributed by atoms with Crippen LogP contribution in [-0.4, -0.2) is 42.0 Å². The molecule has 27 heavy (non-hydrogen) atoms. The molecule has 0 aliphatic heterocycles. The number of benzene rings is 1. The van der Waals surface area contributed by atoms with Gasteiger partial charge in [-0.25, -0.2) is 9.59 Å². The number of carbonyl (C=O) groups excluding carboxylic acids is 3. The number of ketones is 1. The molecule has 7 heteroatoms. The van der Waals surface area contributed by atoms with E-state index >= 15 is 0 Å². The summed E-state index contributed by atoms with van der Waals surface area (Å²) in [6, 6.07) is 8.84. The molecule has 0 fully saturated rings. The van der Waals surface area contributed by atoms with Gasteiger partial charge in [0.25, 0.3) is 0 Å². The van der Waals surface area contributed by atoms with Gasteiger partial charge in [0.05, 0.1) is 17.9 Å². The number of esters is 2. The molecule has 2 aromatic rings. The first-order valence-corrected chi connectivity index (χ1v) is 8.63. The third-order valence-electron chi connectivity index (χ3n) is 3.93. The Morgan fingerprint density at radius 1 is 1.07 bits per heavy atom. The van der Waals surface area contributed by atoms with Crippen molar-refractivity contribution in [2.24, 2.45) is 0 Å². The molecule has 1 atom stereocenters. The minimum absolute atomic E-state index is 0.222. The third-order valence-corrected chi connectivity index (χ3v) is 3.93. The van der Waals surface area contributed by atoms with Crippen LogP contribution >= 0.6 is 0 Å². The molecular weight excluding hydrogens is 350 g/mol. The summed E-state index contributed by atoms with van der Waals surface area (Å²) in [6.45, 7) is 6.36. The molecule has 1 aromatic carbocycles. The molecule has 0 spiro atoms. The van der Waals surface area contributed by atoms with Gasteiger partial charge >= 0.3 is 11.9 Å². The first-order valence-electron chi connectivity index (χ1n) is 8.63. The highest BCUT2D eigenvalue weighted by Crippen LogP contribution is 2.20. The summed E-state index contributed by atoms with van der Waals surface area (Å²) in [4.78, 5) is 39.3. The van der Waals surface area contributed by atoms with Gasteiger partial charge in [-0.1, -0.05) is 18.2 Å². The van der Waals surface area contributed by atoms with Crippen molar-refractivity contribution in [2.75, 3.05) is 13.2 Å². The molecular formula is C20H23NO6. The van der Waals surface area contributed by atoms with Crippen LogP contribution in [0.25, 0.3) is 0 Å². The number of aryl methyl sites for hydroxylation is 1.